The molecule has 4 rings (SSSR count). The van der Waals surface area contributed by atoms with Crippen LogP contribution in [0.25, 0.3) is 0 Å². The number of hydrogen-bond acceptors (Lipinski definition) is 7. The van der Waals surface area contributed by atoms with Gasteiger partial charge in [-0.3, -0.25) is 9.59 Å². The molecule has 7 nitrogen and oxygen atoms in total. The highest BCUT2D eigenvalue weighted by Gasteiger charge is 2.58. The molecule has 4 aliphatic rings. The molecule has 0 radical (unpaired) electrons. The summed E-state index contributed by atoms with van der Waals surface area (Å²) in [5.74, 6) is -0.858. The first-order chi connectivity index (χ1) is 10.7. The quantitative estimate of drug-likeness (QED) is 0.539. The smallest absolute Gasteiger partial charge is 0.307 e. The first kappa shape index (κ1) is 16.7. The molecule has 0 aromatic carbocycles. The van der Waals surface area contributed by atoms with Crippen molar-refractivity contribution in [2.45, 2.75) is 57.2 Å². The molecule has 130 valence electrons. The maximum Gasteiger partial charge on any atom is 0.307 e. The van der Waals surface area contributed by atoms with Gasteiger partial charge in [-0.2, -0.15) is 0 Å². The molecule has 0 heterocycles. The average Bonchev–Trinajstić information content (AvgIpc) is 2.37. The molecule has 0 aromatic heterocycles. The van der Waals surface area contributed by atoms with Crippen LogP contribution in [0.4, 0.5) is 0 Å². The summed E-state index contributed by atoms with van der Waals surface area (Å²) in [4.78, 5) is 23.2. The van der Waals surface area contributed by atoms with E-state index in [2.05, 4.69) is 0 Å². The van der Waals surface area contributed by atoms with Crippen LogP contribution >= 0.6 is 0 Å². The monoisotopic (exact) mass is 345 g/mol. The van der Waals surface area contributed by atoms with Crippen LogP contribution < -0.4 is 0 Å². The van der Waals surface area contributed by atoms with E-state index in [-0.39, 0.29) is 23.9 Å². The third kappa shape index (κ3) is 3.68. The molecule has 4 aliphatic carbocycles. The lowest BCUT2D eigenvalue weighted by molar-refractivity contribution is -0.214. The summed E-state index contributed by atoms with van der Waals surface area (Å²) in [6.45, 7) is 1.42. The fraction of sp³-hybridized carbons (Fsp3) is 0.867. The van der Waals surface area contributed by atoms with Crippen molar-refractivity contribution in [3.8, 4) is 0 Å². The van der Waals surface area contributed by atoms with Crippen LogP contribution in [0, 0.1) is 17.8 Å². The van der Waals surface area contributed by atoms with Crippen LogP contribution in [0.15, 0.2) is 0 Å². The maximum atomic E-state index is 11.8. The SMILES string of the molecule is CC(=O)OC12CC3CC(C1)C(OC(=O)CCS(=O)(=O)[O-])C(C3)C2. The lowest BCUT2D eigenvalue weighted by Gasteiger charge is -2.58. The molecule has 0 aromatic rings. The van der Waals surface area contributed by atoms with Crippen LogP contribution in [0.2, 0.25) is 0 Å². The minimum atomic E-state index is -4.41. The van der Waals surface area contributed by atoms with E-state index in [1.807, 2.05) is 0 Å². The molecule has 0 N–H and O–H groups in total. The Morgan fingerprint density at radius 3 is 2.30 bits per heavy atom. The average molecular weight is 345 g/mol. The van der Waals surface area contributed by atoms with Gasteiger partial charge in [-0.15, -0.1) is 0 Å². The van der Waals surface area contributed by atoms with Crippen LogP contribution in [0.3, 0.4) is 0 Å². The topological polar surface area (TPSA) is 110 Å². The lowest BCUT2D eigenvalue weighted by atomic mass is 9.53. The van der Waals surface area contributed by atoms with Crippen LogP contribution in [0.1, 0.15) is 45.4 Å². The third-order valence-electron chi connectivity index (χ3n) is 5.31. The highest BCUT2D eigenvalue weighted by molar-refractivity contribution is 7.85. The molecule has 4 bridgehead atoms. The molecule has 0 spiro atoms. The summed E-state index contributed by atoms with van der Waals surface area (Å²) in [5.41, 5.74) is -0.413. The van der Waals surface area contributed by atoms with Crippen molar-refractivity contribution in [2.75, 3.05) is 5.75 Å². The Balaban J connectivity index is 1.63. The molecule has 2 unspecified atom stereocenters. The van der Waals surface area contributed by atoms with E-state index in [9.17, 15) is 22.6 Å². The van der Waals surface area contributed by atoms with Gasteiger partial charge in [0, 0.05) is 24.5 Å². The molecule has 23 heavy (non-hydrogen) atoms. The Bertz CT molecular complexity index is 595. The molecule has 0 saturated heterocycles. The minimum absolute atomic E-state index is 0.147. The van der Waals surface area contributed by atoms with Crippen molar-refractivity contribution in [1.29, 1.82) is 0 Å². The molecular formula is C15H21O7S-. The van der Waals surface area contributed by atoms with Gasteiger partial charge < -0.3 is 14.0 Å². The predicted molar refractivity (Wildman–Crippen MR) is 77.1 cm³/mol. The van der Waals surface area contributed by atoms with Crippen molar-refractivity contribution in [3.63, 3.8) is 0 Å². The van der Waals surface area contributed by atoms with Crippen LogP contribution in [-0.2, 0) is 29.2 Å². The van der Waals surface area contributed by atoms with Gasteiger partial charge in [0.2, 0.25) is 0 Å². The second-order valence-electron chi connectivity index (χ2n) is 7.21. The molecular weight excluding hydrogens is 324 g/mol. The Hall–Kier alpha value is -1.15. The molecule has 8 heteroatoms. The number of ether oxygens (including phenoxy) is 2. The van der Waals surface area contributed by atoms with Crippen LogP contribution in [-0.4, -0.2) is 42.4 Å². The summed E-state index contributed by atoms with van der Waals surface area (Å²) >= 11 is 0. The Labute approximate surface area is 135 Å². The van der Waals surface area contributed by atoms with Crippen molar-refractivity contribution < 1.29 is 32.0 Å². The second-order valence-corrected chi connectivity index (χ2v) is 8.74. The summed E-state index contributed by atoms with van der Waals surface area (Å²) in [6.07, 6.45) is 3.50. The number of hydrogen-bond donors (Lipinski definition) is 0. The zero-order valence-corrected chi connectivity index (χ0v) is 13.8. The number of esters is 2. The molecule has 4 saturated carbocycles. The van der Waals surface area contributed by atoms with Gasteiger partial charge in [0.05, 0.1) is 16.5 Å². The largest absolute Gasteiger partial charge is 0.748 e. The highest BCUT2D eigenvalue weighted by atomic mass is 32.2. The summed E-state index contributed by atoms with van der Waals surface area (Å²) in [5, 5.41) is 0. The van der Waals surface area contributed by atoms with Crippen molar-refractivity contribution in [3.05, 3.63) is 0 Å². The summed E-state index contributed by atoms with van der Waals surface area (Å²) < 4.78 is 42.9. The maximum absolute atomic E-state index is 11.8. The third-order valence-corrected chi connectivity index (χ3v) is 6.02. The predicted octanol–water partition coefficient (Wildman–Crippen LogP) is 0.975. The van der Waals surface area contributed by atoms with E-state index < -0.39 is 33.9 Å². The minimum Gasteiger partial charge on any atom is -0.748 e. The zero-order valence-electron chi connectivity index (χ0n) is 13.0. The van der Waals surface area contributed by atoms with E-state index in [4.69, 9.17) is 9.47 Å². The lowest BCUT2D eigenvalue weighted by Crippen LogP contribution is -2.59. The molecule has 4 fully saturated rings. The second kappa shape index (κ2) is 5.73. The summed E-state index contributed by atoms with van der Waals surface area (Å²) in [6, 6.07) is 0. The van der Waals surface area contributed by atoms with Crippen molar-refractivity contribution in [2.24, 2.45) is 17.8 Å². The standard InChI is InChI=1S/C15H22O7S/c1-9(16)22-15-6-10-4-11(7-15)14(12(5-10)8-15)21-13(17)2-3-23(18,19)20/h10-12,14H,2-8H2,1H3,(H,18,19,20)/p-1. The highest BCUT2D eigenvalue weighted by Crippen LogP contribution is 2.58. The number of carbonyl (C=O) groups is 2. The van der Waals surface area contributed by atoms with Crippen molar-refractivity contribution >= 4 is 22.1 Å². The molecule has 2 atom stereocenters. The number of carbonyl (C=O) groups excluding carboxylic acids is 2. The van der Waals surface area contributed by atoms with Crippen LogP contribution in [0.5, 0.6) is 0 Å². The first-order valence-electron chi connectivity index (χ1n) is 7.98. The van der Waals surface area contributed by atoms with Crippen molar-refractivity contribution in [1.82, 2.24) is 0 Å². The van der Waals surface area contributed by atoms with E-state index in [0.717, 1.165) is 19.3 Å². The van der Waals surface area contributed by atoms with Gasteiger partial charge in [0.15, 0.2) is 0 Å². The fourth-order valence-electron chi connectivity index (χ4n) is 4.94. The Kier molecular flexibility index (Phi) is 4.16. The van der Waals surface area contributed by atoms with E-state index in [1.54, 1.807) is 0 Å². The fourth-order valence-corrected chi connectivity index (χ4v) is 5.36. The Morgan fingerprint density at radius 1 is 1.17 bits per heavy atom. The van der Waals surface area contributed by atoms with E-state index >= 15 is 0 Å². The van der Waals surface area contributed by atoms with Gasteiger partial charge in [-0.05, 0) is 38.0 Å². The zero-order chi connectivity index (χ0) is 16.8. The summed E-state index contributed by atoms with van der Waals surface area (Å²) in [7, 11) is -4.41. The Morgan fingerprint density at radius 2 is 1.78 bits per heavy atom. The van der Waals surface area contributed by atoms with Gasteiger partial charge in [-0.1, -0.05) is 0 Å². The van der Waals surface area contributed by atoms with Gasteiger partial charge in [0.1, 0.15) is 11.7 Å². The van der Waals surface area contributed by atoms with Gasteiger partial charge in [0.25, 0.3) is 0 Å². The first-order valence-corrected chi connectivity index (χ1v) is 9.56. The van der Waals surface area contributed by atoms with E-state index in [0.29, 0.717) is 18.8 Å². The van der Waals surface area contributed by atoms with Gasteiger partial charge >= 0.3 is 11.9 Å². The normalized spacial score (nSPS) is 38.3. The number of rotatable bonds is 5. The van der Waals surface area contributed by atoms with Gasteiger partial charge in [-0.25, -0.2) is 8.42 Å². The van der Waals surface area contributed by atoms with E-state index in [1.165, 1.54) is 6.92 Å². The molecule has 0 aliphatic heterocycles. The molecule has 0 amide bonds.